The van der Waals surface area contributed by atoms with Crippen LogP contribution in [0.3, 0.4) is 0 Å². The average molecular weight is 293 g/mol. The molecule has 3 rings (SSSR count). The summed E-state index contributed by atoms with van der Waals surface area (Å²) < 4.78 is 6.26. The first-order valence-corrected chi connectivity index (χ1v) is 9.69. The van der Waals surface area contributed by atoms with Crippen molar-refractivity contribution in [2.45, 2.75) is 102 Å². The van der Waals surface area contributed by atoms with Crippen molar-refractivity contribution in [3.63, 3.8) is 0 Å². The SMILES string of the molecule is NC(C1CCCCCCC1)C1CCOC2(CCCCC2)C1. The molecule has 0 aromatic carbocycles. The van der Waals surface area contributed by atoms with Gasteiger partial charge in [-0.1, -0.05) is 51.4 Å². The fraction of sp³-hybridized carbons (Fsp3) is 1.00. The summed E-state index contributed by atoms with van der Waals surface area (Å²) in [6.07, 6.45) is 19.1. The van der Waals surface area contributed by atoms with Gasteiger partial charge in [-0.3, -0.25) is 0 Å². The van der Waals surface area contributed by atoms with Gasteiger partial charge in [-0.05, 0) is 50.4 Å². The lowest BCUT2D eigenvalue weighted by atomic mass is 9.70. The topological polar surface area (TPSA) is 35.2 Å². The maximum Gasteiger partial charge on any atom is 0.0685 e. The third kappa shape index (κ3) is 4.01. The molecule has 21 heavy (non-hydrogen) atoms. The van der Waals surface area contributed by atoms with Crippen LogP contribution in [-0.2, 0) is 4.74 Å². The summed E-state index contributed by atoms with van der Waals surface area (Å²) in [6, 6.07) is 0.436. The van der Waals surface area contributed by atoms with Crippen LogP contribution < -0.4 is 5.73 Å². The van der Waals surface area contributed by atoms with Crippen molar-refractivity contribution in [2.24, 2.45) is 17.6 Å². The van der Waals surface area contributed by atoms with Gasteiger partial charge in [-0.25, -0.2) is 0 Å². The van der Waals surface area contributed by atoms with Gasteiger partial charge in [0.1, 0.15) is 0 Å². The Morgan fingerprint density at radius 3 is 2.10 bits per heavy atom. The van der Waals surface area contributed by atoms with E-state index >= 15 is 0 Å². The maximum absolute atomic E-state index is 6.78. The zero-order valence-electron chi connectivity index (χ0n) is 13.8. The van der Waals surface area contributed by atoms with Crippen LogP contribution in [-0.4, -0.2) is 18.2 Å². The predicted octanol–water partition coefficient (Wildman–Crippen LogP) is 4.80. The summed E-state index contributed by atoms with van der Waals surface area (Å²) in [5.74, 6) is 1.51. The molecule has 3 aliphatic rings. The van der Waals surface area contributed by atoms with E-state index in [0.29, 0.717) is 6.04 Å². The molecular formula is C19H35NO. The van der Waals surface area contributed by atoms with Gasteiger partial charge < -0.3 is 10.5 Å². The molecule has 2 nitrogen and oxygen atoms in total. The Labute approximate surface area is 131 Å². The van der Waals surface area contributed by atoms with Gasteiger partial charge in [0.25, 0.3) is 0 Å². The van der Waals surface area contributed by atoms with Crippen LogP contribution in [0.5, 0.6) is 0 Å². The van der Waals surface area contributed by atoms with E-state index in [0.717, 1.165) is 18.4 Å². The first-order chi connectivity index (χ1) is 10.3. The van der Waals surface area contributed by atoms with Gasteiger partial charge >= 0.3 is 0 Å². The number of hydrogen-bond donors (Lipinski definition) is 1. The zero-order chi connectivity index (χ0) is 14.5. The fourth-order valence-corrected chi connectivity index (χ4v) is 5.20. The van der Waals surface area contributed by atoms with Crippen LogP contribution in [0.1, 0.15) is 89.9 Å². The predicted molar refractivity (Wildman–Crippen MR) is 88.3 cm³/mol. The molecule has 0 bridgehead atoms. The van der Waals surface area contributed by atoms with Gasteiger partial charge in [-0.15, -0.1) is 0 Å². The third-order valence-corrected chi connectivity index (χ3v) is 6.53. The largest absolute Gasteiger partial charge is 0.375 e. The number of rotatable bonds is 2. The number of ether oxygens (including phenoxy) is 1. The first kappa shape index (κ1) is 15.8. The summed E-state index contributed by atoms with van der Waals surface area (Å²) in [7, 11) is 0. The highest BCUT2D eigenvalue weighted by molar-refractivity contribution is 4.94. The number of hydrogen-bond acceptors (Lipinski definition) is 2. The highest BCUT2D eigenvalue weighted by Crippen LogP contribution is 2.43. The first-order valence-electron chi connectivity index (χ1n) is 9.69. The highest BCUT2D eigenvalue weighted by atomic mass is 16.5. The molecule has 1 heterocycles. The van der Waals surface area contributed by atoms with E-state index in [1.165, 1.54) is 89.9 Å². The van der Waals surface area contributed by atoms with Crippen molar-refractivity contribution >= 4 is 0 Å². The van der Waals surface area contributed by atoms with Gasteiger partial charge in [0, 0.05) is 12.6 Å². The molecule has 1 spiro atoms. The monoisotopic (exact) mass is 293 g/mol. The van der Waals surface area contributed by atoms with Crippen LogP contribution in [0.15, 0.2) is 0 Å². The van der Waals surface area contributed by atoms with E-state index in [4.69, 9.17) is 10.5 Å². The van der Waals surface area contributed by atoms with Crippen molar-refractivity contribution in [2.75, 3.05) is 6.61 Å². The molecule has 1 saturated heterocycles. The van der Waals surface area contributed by atoms with Crippen LogP contribution >= 0.6 is 0 Å². The minimum Gasteiger partial charge on any atom is -0.375 e. The molecule has 1 aliphatic heterocycles. The lowest BCUT2D eigenvalue weighted by molar-refractivity contribution is -0.122. The van der Waals surface area contributed by atoms with Crippen LogP contribution in [0.2, 0.25) is 0 Å². The summed E-state index contributed by atoms with van der Waals surface area (Å²) in [4.78, 5) is 0. The van der Waals surface area contributed by atoms with Crippen molar-refractivity contribution in [3.05, 3.63) is 0 Å². The molecule has 0 aromatic rings. The zero-order valence-corrected chi connectivity index (χ0v) is 13.8. The Balaban J connectivity index is 1.58. The average Bonchev–Trinajstić information content (AvgIpc) is 2.47. The molecule has 2 unspecified atom stereocenters. The van der Waals surface area contributed by atoms with Crippen molar-refractivity contribution in [3.8, 4) is 0 Å². The van der Waals surface area contributed by atoms with Crippen molar-refractivity contribution in [1.82, 2.24) is 0 Å². The van der Waals surface area contributed by atoms with Crippen LogP contribution in [0.25, 0.3) is 0 Å². The quantitative estimate of drug-likeness (QED) is 0.793. The van der Waals surface area contributed by atoms with E-state index < -0.39 is 0 Å². The van der Waals surface area contributed by atoms with Crippen molar-refractivity contribution < 1.29 is 4.74 Å². The highest BCUT2D eigenvalue weighted by Gasteiger charge is 2.41. The Hall–Kier alpha value is -0.0800. The Morgan fingerprint density at radius 1 is 0.762 bits per heavy atom. The molecule has 3 fully saturated rings. The Bertz CT molecular complexity index is 297. The second-order valence-corrected chi connectivity index (χ2v) is 8.03. The lowest BCUT2D eigenvalue weighted by Gasteiger charge is -2.46. The van der Waals surface area contributed by atoms with Gasteiger partial charge in [0.05, 0.1) is 5.60 Å². The van der Waals surface area contributed by atoms with Gasteiger partial charge in [-0.2, -0.15) is 0 Å². The molecule has 0 radical (unpaired) electrons. The fourth-order valence-electron chi connectivity index (χ4n) is 5.20. The summed E-state index contributed by atoms with van der Waals surface area (Å²) in [5.41, 5.74) is 7.00. The third-order valence-electron chi connectivity index (χ3n) is 6.53. The van der Waals surface area contributed by atoms with E-state index in [9.17, 15) is 0 Å². The van der Waals surface area contributed by atoms with Crippen molar-refractivity contribution in [1.29, 1.82) is 0 Å². The standard InChI is InChI=1S/C19H35NO/c20-18(16-9-5-2-1-3-6-10-16)17-11-14-21-19(15-17)12-7-4-8-13-19/h16-18H,1-15,20H2. The number of nitrogens with two attached hydrogens (primary N) is 1. The lowest BCUT2D eigenvalue weighted by Crippen LogP contribution is -2.48. The molecule has 0 aromatic heterocycles. The molecule has 2 N–H and O–H groups in total. The second kappa shape index (κ2) is 7.46. The minimum atomic E-state index is 0.223. The van der Waals surface area contributed by atoms with E-state index in [-0.39, 0.29) is 5.60 Å². The summed E-state index contributed by atoms with van der Waals surface area (Å²) in [5, 5.41) is 0. The Kier molecular flexibility index (Phi) is 5.61. The molecule has 2 aliphatic carbocycles. The molecule has 2 atom stereocenters. The van der Waals surface area contributed by atoms with Gasteiger partial charge in [0.2, 0.25) is 0 Å². The minimum absolute atomic E-state index is 0.223. The molecular weight excluding hydrogens is 258 g/mol. The maximum atomic E-state index is 6.78. The molecule has 0 amide bonds. The van der Waals surface area contributed by atoms with Crippen LogP contribution in [0.4, 0.5) is 0 Å². The summed E-state index contributed by atoms with van der Waals surface area (Å²) in [6.45, 7) is 0.963. The Morgan fingerprint density at radius 2 is 1.38 bits per heavy atom. The molecule has 2 saturated carbocycles. The van der Waals surface area contributed by atoms with E-state index in [1.807, 2.05) is 0 Å². The van der Waals surface area contributed by atoms with E-state index in [1.54, 1.807) is 0 Å². The van der Waals surface area contributed by atoms with E-state index in [2.05, 4.69) is 0 Å². The second-order valence-electron chi connectivity index (χ2n) is 8.03. The summed E-state index contributed by atoms with van der Waals surface area (Å²) >= 11 is 0. The van der Waals surface area contributed by atoms with Crippen LogP contribution in [0, 0.1) is 11.8 Å². The van der Waals surface area contributed by atoms with Gasteiger partial charge in [0.15, 0.2) is 0 Å². The molecule has 2 heteroatoms. The normalized spacial score (nSPS) is 33.3. The molecule has 122 valence electrons. The smallest absolute Gasteiger partial charge is 0.0685 e.